The van der Waals surface area contributed by atoms with Crippen LogP contribution in [0.3, 0.4) is 0 Å². The van der Waals surface area contributed by atoms with Gasteiger partial charge in [-0.1, -0.05) is 47.6 Å². The zero-order valence-corrected chi connectivity index (χ0v) is 14.7. The van der Waals surface area contributed by atoms with Crippen molar-refractivity contribution in [1.29, 1.82) is 0 Å². The molecular formula is C20H18N2O5. The van der Waals surface area contributed by atoms with Gasteiger partial charge in [0.2, 0.25) is 0 Å². The van der Waals surface area contributed by atoms with Crippen LogP contribution in [-0.4, -0.2) is 23.6 Å². The fourth-order valence-corrected chi connectivity index (χ4v) is 2.31. The van der Waals surface area contributed by atoms with Crippen LogP contribution in [0.1, 0.15) is 21.7 Å². The Morgan fingerprint density at radius 2 is 1.81 bits per heavy atom. The van der Waals surface area contributed by atoms with Gasteiger partial charge in [0.05, 0.1) is 0 Å². The van der Waals surface area contributed by atoms with Crippen molar-refractivity contribution >= 4 is 17.7 Å². The van der Waals surface area contributed by atoms with E-state index in [-0.39, 0.29) is 11.4 Å². The number of carbonyl (C=O) groups is 2. The first-order valence-electron chi connectivity index (χ1n) is 8.28. The fourth-order valence-electron chi connectivity index (χ4n) is 2.31. The Kier molecular flexibility index (Phi) is 5.84. The number of rotatable bonds is 7. The van der Waals surface area contributed by atoms with Gasteiger partial charge in [-0.25, -0.2) is 4.79 Å². The van der Waals surface area contributed by atoms with Gasteiger partial charge in [0.1, 0.15) is 23.7 Å². The highest BCUT2D eigenvalue weighted by Crippen LogP contribution is 2.20. The number of aromatic nitrogens is 1. The summed E-state index contributed by atoms with van der Waals surface area (Å²) in [6, 6.07) is 17.9. The molecule has 0 aliphatic rings. The van der Waals surface area contributed by atoms with Crippen LogP contribution in [0.15, 0.2) is 65.2 Å². The second-order valence-corrected chi connectivity index (χ2v) is 5.72. The maximum Gasteiger partial charge on any atom is 0.342 e. The third-order valence-electron chi connectivity index (χ3n) is 3.57. The molecule has 1 N–H and O–H groups in total. The summed E-state index contributed by atoms with van der Waals surface area (Å²) in [5, 5.41) is 6.12. The van der Waals surface area contributed by atoms with Crippen molar-refractivity contribution < 1.29 is 23.6 Å². The Morgan fingerprint density at radius 3 is 2.56 bits per heavy atom. The number of para-hydroxylation sites is 1. The van der Waals surface area contributed by atoms with Gasteiger partial charge in [0.25, 0.3) is 5.91 Å². The first-order chi connectivity index (χ1) is 13.1. The molecule has 27 heavy (non-hydrogen) atoms. The minimum atomic E-state index is -0.648. The van der Waals surface area contributed by atoms with Gasteiger partial charge in [-0.05, 0) is 24.6 Å². The lowest BCUT2D eigenvalue weighted by Gasteiger charge is -2.11. The standard InChI is InChI=1S/C20H18N2O5/c1-14-11-18(22-27-14)21-19(23)13-26-20(24)16-9-5-6-10-17(16)25-12-15-7-3-2-4-8-15/h2-11H,12-13H2,1H3,(H,21,22,23). The molecule has 0 saturated carbocycles. The summed E-state index contributed by atoms with van der Waals surface area (Å²) in [7, 11) is 0. The number of esters is 1. The molecule has 0 saturated heterocycles. The number of anilines is 1. The number of nitrogens with one attached hydrogen (secondary N) is 1. The van der Waals surface area contributed by atoms with Gasteiger partial charge in [0, 0.05) is 6.07 Å². The minimum Gasteiger partial charge on any atom is -0.488 e. The van der Waals surface area contributed by atoms with Crippen molar-refractivity contribution in [2.45, 2.75) is 13.5 Å². The van der Waals surface area contributed by atoms with Crippen LogP contribution in [-0.2, 0) is 16.1 Å². The lowest BCUT2D eigenvalue weighted by Crippen LogP contribution is -2.21. The van der Waals surface area contributed by atoms with E-state index in [1.807, 2.05) is 30.3 Å². The van der Waals surface area contributed by atoms with Crippen molar-refractivity contribution in [3.63, 3.8) is 0 Å². The van der Waals surface area contributed by atoms with Crippen LogP contribution in [0.4, 0.5) is 5.82 Å². The molecular weight excluding hydrogens is 348 g/mol. The quantitative estimate of drug-likeness (QED) is 0.645. The Morgan fingerprint density at radius 1 is 1.07 bits per heavy atom. The fraction of sp³-hybridized carbons (Fsp3) is 0.150. The molecule has 0 fully saturated rings. The van der Waals surface area contributed by atoms with E-state index in [0.717, 1.165) is 5.56 Å². The first kappa shape index (κ1) is 18.2. The maximum atomic E-state index is 12.3. The summed E-state index contributed by atoms with van der Waals surface area (Å²) in [4.78, 5) is 24.2. The van der Waals surface area contributed by atoms with E-state index in [1.54, 1.807) is 37.3 Å². The molecule has 7 nitrogen and oxygen atoms in total. The topological polar surface area (TPSA) is 90.7 Å². The summed E-state index contributed by atoms with van der Waals surface area (Å²) in [6.07, 6.45) is 0. The molecule has 0 atom stereocenters. The Bertz CT molecular complexity index is 921. The highest BCUT2D eigenvalue weighted by Gasteiger charge is 2.16. The van der Waals surface area contributed by atoms with Crippen LogP contribution in [0.25, 0.3) is 0 Å². The summed E-state index contributed by atoms with van der Waals surface area (Å²) < 4.78 is 15.6. The van der Waals surface area contributed by atoms with Crippen molar-refractivity contribution in [2.75, 3.05) is 11.9 Å². The molecule has 0 radical (unpaired) electrons. The summed E-state index contributed by atoms with van der Waals surface area (Å²) in [6.45, 7) is 1.57. The molecule has 1 amide bonds. The van der Waals surface area contributed by atoms with Crippen LogP contribution >= 0.6 is 0 Å². The lowest BCUT2D eigenvalue weighted by molar-refractivity contribution is -0.119. The lowest BCUT2D eigenvalue weighted by atomic mass is 10.2. The molecule has 2 aromatic carbocycles. The molecule has 0 unspecified atom stereocenters. The summed E-state index contributed by atoms with van der Waals surface area (Å²) >= 11 is 0. The molecule has 7 heteroatoms. The molecule has 3 aromatic rings. The number of benzene rings is 2. The number of ether oxygens (including phenoxy) is 2. The molecule has 0 spiro atoms. The van der Waals surface area contributed by atoms with E-state index in [0.29, 0.717) is 18.1 Å². The third-order valence-corrected chi connectivity index (χ3v) is 3.57. The average Bonchev–Trinajstić information content (AvgIpc) is 3.10. The largest absolute Gasteiger partial charge is 0.488 e. The third kappa shape index (κ3) is 5.18. The van der Waals surface area contributed by atoms with Crippen LogP contribution in [0.2, 0.25) is 0 Å². The Hall–Kier alpha value is -3.61. The van der Waals surface area contributed by atoms with Gasteiger partial charge in [0.15, 0.2) is 12.4 Å². The zero-order chi connectivity index (χ0) is 19.1. The number of aryl methyl sites for hydroxylation is 1. The van der Waals surface area contributed by atoms with E-state index in [9.17, 15) is 9.59 Å². The van der Waals surface area contributed by atoms with Crippen molar-refractivity contribution in [2.24, 2.45) is 0 Å². The molecule has 1 aromatic heterocycles. The molecule has 0 bridgehead atoms. The van der Waals surface area contributed by atoms with E-state index in [2.05, 4.69) is 10.5 Å². The Balaban J connectivity index is 1.57. The van der Waals surface area contributed by atoms with Crippen LogP contribution in [0, 0.1) is 6.92 Å². The molecule has 138 valence electrons. The smallest absolute Gasteiger partial charge is 0.342 e. The van der Waals surface area contributed by atoms with Crippen LogP contribution < -0.4 is 10.1 Å². The predicted molar refractivity (Wildman–Crippen MR) is 97.4 cm³/mol. The van der Waals surface area contributed by atoms with Gasteiger partial charge in [-0.3, -0.25) is 4.79 Å². The average molecular weight is 366 g/mol. The summed E-state index contributed by atoms with van der Waals surface area (Å²) in [5.74, 6) is 0.0512. The maximum absolute atomic E-state index is 12.3. The molecule has 3 rings (SSSR count). The van der Waals surface area contributed by atoms with Gasteiger partial charge in [-0.15, -0.1) is 0 Å². The highest BCUT2D eigenvalue weighted by molar-refractivity contribution is 5.96. The number of hydrogen-bond donors (Lipinski definition) is 1. The molecule has 1 heterocycles. The van der Waals surface area contributed by atoms with Crippen molar-refractivity contribution in [3.8, 4) is 5.75 Å². The predicted octanol–water partition coefficient (Wildman–Crippen LogP) is 3.36. The zero-order valence-electron chi connectivity index (χ0n) is 14.7. The van der Waals surface area contributed by atoms with E-state index >= 15 is 0 Å². The van der Waals surface area contributed by atoms with Gasteiger partial charge >= 0.3 is 5.97 Å². The SMILES string of the molecule is Cc1cc(NC(=O)COC(=O)c2ccccc2OCc2ccccc2)no1. The summed E-state index contributed by atoms with van der Waals surface area (Å²) in [5.41, 5.74) is 1.22. The monoisotopic (exact) mass is 366 g/mol. The second-order valence-electron chi connectivity index (χ2n) is 5.72. The van der Waals surface area contributed by atoms with E-state index in [1.165, 1.54) is 0 Å². The molecule has 0 aliphatic carbocycles. The number of nitrogens with zero attached hydrogens (tertiary/aromatic N) is 1. The molecule has 0 aliphatic heterocycles. The van der Waals surface area contributed by atoms with E-state index in [4.69, 9.17) is 14.0 Å². The number of carbonyl (C=O) groups excluding carboxylic acids is 2. The number of hydrogen-bond acceptors (Lipinski definition) is 6. The van der Waals surface area contributed by atoms with Gasteiger partial charge < -0.3 is 19.3 Å². The first-order valence-corrected chi connectivity index (χ1v) is 8.28. The van der Waals surface area contributed by atoms with E-state index < -0.39 is 18.5 Å². The second kappa shape index (κ2) is 8.66. The van der Waals surface area contributed by atoms with Crippen molar-refractivity contribution in [1.82, 2.24) is 5.16 Å². The number of amides is 1. The Labute approximate surface area is 155 Å². The van der Waals surface area contributed by atoms with Crippen molar-refractivity contribution in [3.05, 3.63) is 77.6 Å². The van der Waals surface area contributed by atoms with Gasteiger partial charge in [-0.2, -0.15) is 0 Å². The highest BCUT2D eigenvalue weighted by atomic mass is 16.5. The minimum absolute atomic E-state index is 0.249. The normalized spacial score (nSPS) is 10.3. The van der Waals surface area contributed by atoms with Crippen LogP contribution in [0.5, 0.6) is 5.75 Å².